The minimum atomic E-state index is -0.718. The SMILES string of the molecule is [CH2]c1c(F)cc(OCc2ccc(OC)cc2)cc1F. The summed E-state index contributed by atoms with van der Waals surface area (Å²) in [5.41, 5.74) is 0.622. The first-order valence-electron chi connectivity index (χ1n) is 5.67. The highest BCUT2D eigenvalue weighted by Crippen LogP contribution is 2.21. The van der Waals surface area contributed by atoms with Crippen molar-refractivity contribution in [2.45, 2.75) is 6.61 Å². The van der Waals surface area contributed by atoms with Crippen molar-refractivity contribution in [2.75, 3.05) is 7.11 Å². The van der Waals surface area contributed by atoms with Crippen LogP contribution in [0.1, 0.15) is 11.1 Å². The Kier molecular flexibility index (Phi) is 4.00. The second-order valence-electron chi connectivity index (χ2n) is 4.00. The lowest BCUT2D eigenvalue weighted by molar-refractivity contribution is 0.302. The van der Waals surface area contributed by atoms with Crippen LogP contribution in [0.4, 0.5) is 8.78 Å². The Hall–Kier alpha value is -2.10. The topological polar surface area (TPSA) is 18.5 Å². The van der Waals surface area contributed by atoms with Gasteiger partial charge in [-0.2, -0.15) is 0 Å². The van der Waals surface area contributed by atoms with Crippen molar-refractivity contribution in [3.8, 4) is 11.5 Å². The molecular formula is C15H13F2O2. The summed E-state index contributed by atoms with van der Waals surface area (Å²) in [5, 5.41) is 0. The van der Waals surface area contributed by atoms with Gasteiger partial charge in [0.1, 0.15) is 29.7 Å². The smallest absolute Gasteiger partial charge is 0.133 e. The molecule has 0 fully saturated rings. The van der Waals surface area contributed by atoms with E-state index in [1.54, 1.807) is 19.2 Å². The van der Waals surface area contributed by atoms with E-state index in [1.807, 2.05) is 12.1 Å². The lowest BCUT2D eigenvalue weighted by Gasteiger charge is -2.08. The Bertz CT molecular complexity index is 542. The molecule has 0 saturated heterocycles. The molecule has 0 aliphatic heterocycles. The zero-order valence-electron chi connectivity index (χ0n) is 10.5. The number of halogens is 2. The Morgan fingerprint density at radius 3 is 2.11 bits per heavy atom. The van der Waals surface area contributed by atoms with Crippen LogP contribution < -0.4 is 9.47 Å². The van der Waals surface area contributed by atoms with Crippen molar-refractivity contribution >= 4 is 0 Å². The van der Waals surface area contributed by atoms with Crippen LogP contribution in [0.3, 0.4) is 0 Å². The van der Waals surface area contributed by atoms with Gasteiger partial charge in [-0.3, -0.25) is 0 Å². The molecule has 0 bridgehead atoms. The maximum absolute atomic E-state index is 13.3. The van der Waals surface area contributed by atoms with Crippen molar-refractivity contribution in [1.29, 1.82) is 0 Å². The van der Waals surface area contributed by atoms with Gasteiger partial charge >= 0.3 is 0 Å². The minimum Gasteiger partial charge on any atom is -0.497 e. The monoisotopic (exact) mass is 263 g/mol. The maximum atomic E-state index is 13.3. The van der Waals surface area contributed by atoms with E-state index in [1.165, 1.54) is 0 Å². The summed E-state index contributed by atoms with van der Waals surface area (Å²) in [5.74, 6) is -0.560. The fourth-order valence-corrected chi connectivity index (χ4v) is 1.55. The summed E-state index contributed by atoms with van der Waals surface area (Å²) >= 11 is 0. The molecule has 0 aliphatic rings. The van der Waals surface area contributed by atoms with Crippen molar-refractivity contribution in [1.82, 2.24) is 0 Å². The van der Waals surface area contributed by atoms with Crippen LogP contribution in [0.15, 0.2) is 36.4 Å². The Morgan fingerprint density at radius 1 is 1.00 bits per heavy atom. The first kappa shape index (κ1) is 13.3. The van der Waals surface area contributed by atoms with Crippen LogP contribution in [0, 0.1) is 18.6 Å². The molecule has 19 heavy (non-hydrogen) atoms. The summed E-state index contributed by atoms with van der Waals surface area (Å²) in [6.07, 6.45) is 0. The molecule has 0 N–H and O–H groups in total. The molecule has 0 aromatic heterocycles. The fourth-order valence-electron chi connectivity index (χ4n) is 1.55. The molecule has 0 heterocycles. The van der Waals surface area contributed by atoms with Crippen LogP contribution in [0.5, 0.6) is 11.5 Å². The van der Waals surface area contributed by atoms with Gasteiger partial charge in [0.2, 0.25) is 0 Å². The quantitative estimate of drug-likeness (QED) is 0.836. The van der Waals surface area contributed by atoms with E-state index in [-0.39, 0.29) is 17.9 Å². The summed E-state index contributed by atoms with van der Waals surface area (Å²) in [6, 6.07) is 9.46. The lowest BCUT2D eigenvalue weighted by atomic mass is 10.2. The van der Waals surface area contributed by atoms with E-state index < -0.39 is 11.6 Å². The number of methoxy groups -OCH3 is 1. The Morgan fingerprint density at radius 2 is 1.58 bits per heavy atom. The third kappa shape index (κ3) is 3.22. The van der Waals surface area contributed by atoms with Crippen molar-refractivity contribution in [3.63, 3.8) is 0 Å². The molecule has 0 atom stereocenters. The fraction of sp³-hybridized carbons (Fsp3) is 0.133. The molecule has 0 amide bonds. The molecular weight excluding hydrogens is 250 g/mol. The van der Waals surface area contributed by atoms with Gasteiger partial charge in [-0.15, -0.1) is 0 Å². The van der Waals surface area contributed by atoms with E-state index in [0.29, 0.717) is 0 Å². The molecule has 0 unspecified atom stereocenters. The lowest BCUT2D eigenvalue weighted by Crippen LogP contribution is -1.98. The molecule has 2 rings (SSSR count). The van der Waals surface area contributed by atoms with Crippen molar-refractivity contribution in [3.05, 3.63) is 66.1 Å². The molecule has 2 nitrogen and oxygen atoms in total. The zero-order valence-corrected chi connectivity index (χ0v) is 10.5. The van der Waals surface area contributed by atoms with E-state index in [0.717, 1.165) is 23.4 Å². The molecule has 1 radical (unpaired) electrons. The molecule has 0 saturated carbocycles. The van der Waals surface area contributed by atoms with Crippen LogP contribution in [-0.2, 0) is 6.61 Å². The molecule has 0 spiro atoms. The summed E-state index contributed by atoms with van der Waals surface area (Å²) < 4.78 is 36.9. The number of ether oxygens (including phenoxy) is 2. The van der Waals surface area contributed by atoms with E-state index in [4.69, 9.17) is 9.47 Å². The number of hydrogen-bond donors (Lipinski definition) is 0. The number of hydrogen-bond acceptors (Lipinski definition) is 2. The van der Waals surface area contributed by atoms with Gasteiger partial charge in [-0.1, -0.05) is 12.1 Å². The van der Waals surface area contributed by atoms with Crippen molar-refractivity contribution in [2.24, 2.45) is 0 Å². The molecule has 2 aromatic rings. The average Bonchev–Trinajstić information content (AvgIpc) is 2.43. The van der Waals surface area contributed by atoms with Gasteiger partial charge in [0.05, 0.1) is 7.11 Å². The minimum absolute atomic E-state index is 0.137. The predicted octanol–water partition coefficient (Wildman–Crippen LogP) is 3.73. The number of rotatable bonds is 4. The normalized spacial score (nSPS) is 10.3. The highest BCUT2D eigenvalue weighted by atomic mass is 19.1. The molecule has 4 heteroatoms. The van der Waals surface area contributed by atoms with Gasteiger partial charge in [-0.25, -0.2) is 8.78 Å². The van der Waals surface area contributed by atoms with Gasteiger partial charge in [-0.05, 0) is 24.6 Å². The highest BCUT2D eigenvalue weighted by molar-refractivity contribution is 5.32. The summed E-state index contributed by atoms with van der Waals surface area (Å²) in [4.78, 5) is 0. The zero-order chi connectivity index (χ0) is 13.8. The first-order chi connectivity index (χ1) is 9.10. The van der Waals surface area contributed by atoms with Crippen LogP contribution in [-0.4, -0.2) is 7.11 Å². The second-order valence-corrected chi connectivity index (χ2v) is 4.00. The van der Waals surface area contributed by atoms with E-state index in [9.17, 15) is 8.78 Å². The maximum Gasteiger partial charge on any atom is 0.133 e. The average molecular weight is 263 g/mol. The molecule has 99 valence electrons. The van der Waals surface area contributed by atoms with Crippen LogP contribution in [0.2, 0.25) is 0 Å². The molecule has 2 aromatic carbocycles. The highest BCUT2D eigenvalue weighted by Gasteiger charge is 2.07. The second kappa shape index (κ2) is 5.69. The predicted molar refractivity (Wildman–Crippen MR) is 68.1 cm³/mol. The van der Waals surface area contributed by atoms with Crippen LogP contribution >= 0.6 is 0 Å². The molecule has 0 aliphatic carbocycles. The van der Waals surface area contributed by atoms with E-state index in [2.05, 4.69) is 6.92 Å². The van der Waals surface area contributed by atoms with E-state index >= 15 is 0 Å². The Labute approximate surface area is 110 Å². The summed E-state index contributed by atoms with van der Waals surface area (Å²) in [6.45, 7) is 3.50. The standard InChI is InChI=1S/C15H13F2O2/c1-10-14(16)7-13(8-15(10)17)19-9-11-3-5-12(18-2)6-4-11/h3-8H,1,9H2,2H3. The first-order valence-corrected chi connectivity index (χ1v) is 5.67. The van der Waals surface area contributed by atoms with Crippen molar-refractivity contribution < 1.29 is 18.3 Å². The third-order valence-corrected chi connectivity index (χ3v) is 2.68. The van der Waals surface area contributed by atoms with Gasteiger partial charge in [0.25, 0.3) is 0 Å². The largest absolute Gasteiger partial charge is 0.497 e. The number of benzene rings is 2. The summed E-state index contributed by atoms with van der Waals surface area (Å²) in [7, 11) is 1.58. The van der Waals surface area contributed by atoms with Gasteiger partial charge in [0.15, 0.2) is 0 Å². The van der Waals surface area contributed by atoms with Gasteiger partial charge < -0.3 is 9.47 Å². The third-order valence-electron chi connectivity index (χ3n) is 2.68. The van der Waals surface area contributed by atoms with Gasteiger partial charge in [0, 0.05) is 17.7 Å². The van der Waals surface area contributed by atoms with Crippen LogP contribution in [0.25, 0.3) is 0 Å². The Balaban J connectivity index is 2.05.